The molecule has 104 valence electrons. The fraction of sp³-hybridized carbons (Fsp3) is 0.333. The zero-order valence-electron chi connectivity index (χ0n) is 11.6. The summed E-state index contributed by atoms with van der Waals surface area (Å²) in [7, 11) is 1.67. The first-order valence-electron chi connectivity index (χ1n) is 6.68. The molecule has 0 bridgehead atoms. The number of ether oxygens (including phenoxy) is 1. The van der Waals surface area contributed by atoms with Crippen molar-refractivity contribution in [2.75, 3.05) is 19.0 Å². The van der Waals surface area contributed by atoms with E-state index in [1.807, 2.05) is 36.0 Å². The molecule has 1 N–H and O–H groups in total. The summed E-state index contributed by atoms with van der Waals surface area (Å²) in [6.45, 7) is 2.94. The van der Waals surface area contributed by atoms with Crippen LogP contribution < -0.4 is 10.1 Å². The molecule has 1 aliphatic heterocycles. The first kappa shape index (κ1) is 13.2. The maximum atomic E-state index is 5.41. The highest BCUT2D eigenvalue weighted by atomic mass is 32.2. The summed E-state index contributed by atoms with van der Waals surface area (Å²) < 4.78 is 5.41. The van der Waals surface area contributed by atoms with Crippen LogP contribution >= 0.6 is 11.8 Å². The molecule has 0 saturated heterocycles. The fourth-order valence-electron chi connectivity index (χ4n) is 2.31. The van der Waals surface area contributed by atoms with E-state index in [4.69, 9.17) is 14.7 Å². The van der Waals surface area contributed by atoms with Gasteiger partial charge in [-0.15, -0.1) is 0 Å². The quantitative estimate of drug-likeness (QED) is 0.934. The Bertz CT molecular complexity index is 631. The molecular formula is C15H17N3OS. The second kappa shape index (κ2) is 5.71. The van der Waals surface area contributed by atoms with Gasteiger partial charge in [-0.2, -0.15) is 11.8 Å². The zero-order valence-corrected chi connectivity index (χ0v) is 12.5. The van der Waals surface area contributed by atoms with Crippen LogP contribution in [0.3, 0.4) is 0 Å². The van der Waals surface area contributed by atoms with Gasteiger partial charge in [0.05, 0.1) is 18.4 Å². The summed E-state index contributed by atoms with van der Waals surface area (Å²) in [5.41, 5.74) is 3.33. The number of para-hydroxylation sites is 1. The number of hydrogen-bond donors (Lipinski definition) is 1. The van der Waals surface area contributed by atoms with Crippen molar-refractivity contribution >= 4 is 17.6 Å². The van der Waals surface area contributed by atoms with Crippen LogP contribution in [0.4, 0.5) is 5.82 Å². The number of aromatic nitrogens is 2. The van der Waals surface area contributed by atoms with Gasteiger partial charge in [0.2, 0.25) is 0 Å². The van der Waals surface area contributed by atoms with Gasteiger partial charge >= 0.3 is 0 Å². The van der Waals surface area contributed by atoms with Gasteiger partial charge in [-0.1, -0.05) is 12.1 Å². The molecular weight excluding hydrogens is 270 g/mol. The van der Waals surface area contributed by atoms with E-state index in [0.29, 0.717) is 0 Å². The summed E-state index contributed by atoms with van der Waals surface area (Å²) in [6, 6.07) is 7.87. The van der Waals surface area contributed by atoms with Crippen molar-refractivity contribution in [3.63, 3.8) is 0 Å². The Labute approximate surface area is 123 Å². The number of nitrogens with one attached hydrogen (secondary N) is 1. The minimum absolute atomic E-state index is 0.736. The van der Waals surface area contributed by atoms with E-state index in [0.717, 1.165) is 46.7 Å². The van der Waals surface area contributed by atoms with E-state index in [9.17, 15) is 0 Å². The molecule has 2 heterocycles. The molecule has 1 aromatic carbocycles. The number of hydrogen-bond acceptors (Lipinski definition) is 5. The molecule has 0 radical (unpaired) electrons. The molecule has 0 unspecified atom stereocenters. The highest BCUT2D eigenvalue weighted by molar-refractivity contribution is 7.98. The lowest BCUT2D eigenvalue weighted by Crippen LogP contribution is -2.07. The van der Waals surface area contributed by atoms with Gasteiger partial charge in [0.1, 0.15) is 11.6 Å². The smallest absolute Gasteiger partial charge is 0.165 e. The maximum Gasteiger partial charge on any atom is 0.165 e. The van der Waals surface area contributed by atoms with Crippen molar-refractivity contribution in [1.82, 2.24) is 9.97 Å². The first-order valence-corrected chi connectivity index (χ1v) is 7.83. The summed E-state index contributed by atoms with van der Waals surface area (Å²) in [5, 5.41) is 3.35. The summed E-state index contributed by atoms with van der Waals surface area (Å²) in [5.74, 6) is 4.45. The van der Waals surface area contributed by atoms with Gasteiger partial charge in [-0.05, 0) is 19.1 Å². The fourth-order valence-corrected chi connectivity index (χ4v) is 3.36. The van der Waals surface area contributed by atoms with E-state index in [-0.39, 0.29) is 0 Å². The molecule has 1 aliphatic rings. The van der Waals surface area contributed by atoms with E-state index < -0.39 is 0 Å². The van der Waals surface area contributed by atoms with Gasteiger partial charge in [-0.25, -0.2) is 9.97 Å². The predicted molar refractivity (Wildman–Crippen MR) is 83.2 cm³/mol. The average Bonchev–Trinajstić information content (AvgIpc) is 2.96. The van der Waals surface area contributed by atoms with Crippen LogP contribution in [0.2, 0.25) is 0 Å². The number of thioether (sulfide) groups is 1. The summed E-state index contributed by atoms with van der Waals surface area (Å²) >= 11 is 1.88. The van der Waals surface area contributed by atoms with Gasteiger partial charge in [-0.3, -0.25) is 0 Å². The molecule has 3 rings (SSSR count). The number of anilines is 1. The largest absolute Gasteiger partial charge is 0.496 e. The van der Waals surface area contributed by atoms with Crippen molar-refractivity contribution in [1.29, 1.82) is 0 Å². The third-order valence-electron chi connectivity index (χ3n) is 3.27. The Balaban J connectivity index is 2.12. The van der Waals surface area contributed by atoms with Crippen molar-refractivity contribution in [2.45, 2.75) is 18.4 Å². The Morgan fingerprint density at radius 1 is 1.25 bits per heavy atom. The first-order chi connectivity index (χ1) is 9.83. The molecule has 0 saturated carbocycles. The monoisotopic (exact) mass is 287 g/mol. The predicted octanol–water partition coefficient (Wildman–Crippen LogP) is 3.33. The van der Waals surface area contributed by atoms with Gasteiger partial charge in [0, 0.05) is 23.6 Å². The highest BCUT2D eigenvalue weighted by Gasteiger charge is 2.21. The van der Waals surface area contributed by atoms with Crippen LogP contribution in [-0.4, -0.2) is 23.6 Å². The van der Waals surface area contributed by atoms with E-state index in [2.05, 4.69) is 12.2 Å². The standard InChI is InChI=1S/C15H17N3OS/c1-3-16-14-11-8-20-9-12(11)17-15(18-14)10-6-4-5-7-13(10)19-2/h4-7H,3,8-9H2,1-2H3,(H,16,17,18). The minimum atomic E-state index is 0.736. The van der Waals surface area contributed by atoms with Crippen LogP contribution in [0, 0.1) is 0 Å². The molecule has 4 nitrogen and oxygen atoms in total. The van der Waals surface area contributed by atoms with Crippen LogP contribution in [0.1, 0.15) is 18.2 Å². The number of rotatable bonds is 4. The Hall–Kier alpha value is -1.75. The molecule has 0 fully saturated rings. The van der Waals surface area contributed by atoms with Gasteiger partial charge in [0.25, 0.3) is 0 Å². The lowest BCUT2D eigenvalue weighted by molar-refractivity contribution is 0.416. The third kappa shape index (κ3) is 2.33. The number of benzene rings is 1. The Morgan fingerprint density at radius 3 is 2.90 bits per heavy atom. The number of fused-ring (bicyclic) bond motifs is 1. The molecule has 0 spiro atoms. The second-order valence-corrected chi connectivity index (χ2v) is 5.53. The van der Waals surface area contributed by atoms with Crippen molar-refractivity contribution in [2.24, 2.45) is 0 Å². The summed E-state index contributed by atoms with van der Waals surface area (Å²) in [4.78, 5) is 9.42. The van der Waals surface area contributed by atoms with Crippen LogP contribution in [0.15, 0.2) is 24.3 Å². The van der Waals surface area contributed by atoms with Gasteiger partial charge in [0.15, 0.2) is 5.82 Å². The van der Waals surface area contributed by atoms with E-state index in [1.54, 1.807) is 7.11 Å². The summed E-state index contributed by atoms with van der Waals surface area (Å²) in [6.07, 6.45) is 0. The molecule has 2 aromatic rings. The average molecular weight is 287 g/mol. The topological polar surface area (TPSA) is 47.0 Å². The molecule has 0 aliphatic carbocycles. The number of methoxy groups -OCH3 is 1. The molecule has 0 amide bonds. The lowest BCUT2D eigenvalue weighted by Gasteiger charge is -2.12. The normalized spacial score (nSPS) is 13.1. The molecule has 0 atom stereocenters. The molecule has 20 heavy (non-hydrogen) atoms. The Morgan fingerprint density at radius 2 is 2.10 bits per heavy atom. The van der Waals surface area contributed by atoms with Crippen LogP contribution in [0.5, 0.6) is 5.75 Å². The third-order valence-corrected chi connectivity index (χ3v) is 4.24. The van der Waals surface area contributed by atoms with Crippen LogP contribution in [0.25, 0.3) is 11.4 Å². The van der Waals surface area contributed by atoms with Crippen LogP contribution in [-0.2, 0) is 11.5 Å². The lowest BCUT2D eigenvalue weighted by atomic mass is 10.1. The van der Waals surface area contributed by atoms with Crippen molar-refractivity contribution < 1.29 is 4.74 Å². The number of nitrogens with zero attached hydrogens (tertiary/aromatic N) is 2. The van der Waals surface area contributed by atoms with Gasteiger partial charge < -0.3 is 10.1 Å². The maximum absolute atomic E-state index is 5.41. The zero-order chi connectivity index (χ0) is 13.9. The molecule has 5 heteroatoms. The van der Waals surface area contributed by atoms with Crippen molar-refractivity contribution in [3.05, 3.63) is 35.5 Å². The van der Waals surface area contributed by atoms with Crippen molar-refractivity contribution in [3.8, 4) is 17.1 Å². The SMILES string of the molecule is CCNc1nc(-c2ccccc2OC)nc2c1CSC2. The highest BCUT2D eigenvalue weighted by Crippen LogP contribution is 2.36. The second-order valence-electron chi connectivity index (χ2n) is 4.54. The van der Waals surface area contributed by atoms with E-state index in [1.165, 1.54) is 5.56 Å². The van der Waals surface area contributed by atoms with E-state index >= 15 is 0 Å². The minimum Gasteiger partial charge on any atom is -0.496 e. The molecule has 1 aromatic heterocycles. The Kier molecular flexibility index (Phi) is 3.78.